The standard InChI is InChI=1S/C82H50N8/c83-51-53-18-13-27-63(44-53)82-80(89-76-47-59(72-32-14-28-68(85-72)55-19-5-1-6-20-55)36-40-64(76)65-41-37-60(48-77(65)89)73-33-15-29-69(86-73)56-21-7-2-8-22-56)45-54(52-84)46-81(82)90-78-49-61(74-34-16-30-70(87-74)57-23-9-3-10-24-57)38-42-66(78)67-43-39-62(50-79(67)90)75-35-17-31-71(88-75)58-25-11-4-12-26-58/h1-50H. The summed E-state index contributed by atoms with van der Waals surface area (Å²) < 4.78 is 4.61. The summed E-state index contributed by atoms with van der Waals surface area (Å²) in [7, 11) is 0. The van der Waals surface area contributed by atoms with Gasteiger partial charge in [0, 0.05) is 71.6 Å². The predicted molar refractivity (Wildman–Crippen MR) is 365 cm³/mol. The Labute approximate surface area is 519 Å². The van der Waals surface area contributed by atoms with Crippen molar-refractivity contribution < 1.29 is 0 Å². The van der Waals surface area contributed by atoms with Gasteiger partial charge in [-0.15, -0.1) is 0 Å². The van der Waals surface area contributed by atoms with Crippen LogP contribution in [0.3, 0.4) is 0 Å². The quantitative estimate of drug-likeness (QED) is 0.128. The van der Waals surface area contributed by atoms with Crippen molar-refractivity contribution >= 4 is 43.6 Å². The maximum absolute atomic E-state index is 11.6. The molecule has 0 fully saturated rings. The number of hydrogen-bond donors (Lipinski definition) is 0. The highest BCUT2D eigenvalue weighted by Gasteiger charge is 2.26. The molecule has 0 N–H and O–H groups in total. The van der Waals surface area contributed by atoms with Gasteiger partial charge in [0.2, 0.25) is 0 Å². The molecule has 0 aliphatic rings. The molecule has 0 saturated carbocycles. The second kappa shape index (κ2) is 22.3. The number of hydrogen-bond acceptors (Lipinski definition) is 6. The van der Waals surface area contributed by atoms with Gasteiger partial charge in [-0.2, -0.15) is 10.5 Å². The van der Waals surface area contributed by atoms with E-state index >= 15 is 0 Å². The fourth-order valence-corrected chi connectivity index (χ4v) is 12.7. The molecule has 0 amide bonds. The van der Waals surface area contributed by atoms with E-state index in [-0.39, 0.29) is 0 Å². The summed E-state index contributed by atoms with van der Waals surface area (Å²) in [4.78, 5) is 21.1. The number of aromatic nitrogens is 6. The molecule has 16 aromatic rings. The predicted octanol–water partition coefficient (Wildman–Crippen LogP) is 20.2. The highest BCUT2D eigenvalue weighted by atomic mass is 15.0. The molecule has 90 heavy (non-hydrogen) atoms. The van der Waals surface area contributed by atoms with Crippen LogP contribution in [-0.2, 0) is 0 Å². The molecule has 0 aliphatic heterocycles. The van der Waals surface area contributed by atoms with E-state index in [1.807, 2.05) is 127 Å². The lowest BCUT2D eigenvalue weighted by molar-refractivity contribution is 1.13. The molecule has 0 saturated heterocycles. The van der Waals surface area contributed by atoms with Gasteiger partial charge in [0.05, 0.1) is 102 Å². The van der Waals surface area contributed by atoms with Gasteiger partial charge in [0.15, 0.2) is 0 Å². The average molecular weight is 1150 g/mol. The number of rotatable bonds is 11. The number of fused-ring (bicyclic) bond motifs is 6. The van der Waals surface area contributed by atoms with Crippen molar-refractivity contribution in [1.82, 2.24) is 29.1 Å². The number of benzene rings is 10. The van der Waals surface area contributed by atoms with Crippen LogP contribution >= 0.6 is 0 Å². The zero-order chi connectivity index (χ0) is 60.1. The first-order valence-corrected chi connectivity index (χ1v) is 29.9. The molecule has 6 aromatic heterocycles. The number of nitriles is 2. The minimum atomic E-state index is 0.439. The maximum Gasteiger partial charge on any atom is 0.0993 e. The van der Waals surface area contributed by atoms with Gasteiger partial charge < -0.3 is 9.13 Å². The molecular formula is C82H50N8. The molecular weight excluding hydrogens is 1100 g/mol. The summed E-state index contributed by atoms with van der Waals surface area (Å²) in [5.74, 6) is 0. The van der Waals surface area contributed by atoms with E-state index in [9.17, 15) is 10.5 Å². The van der Waals surface area contributed by atoms with Crippen molar-refractivity contribution in [1.29, 1.82) is 10.5 Å². The van der Waals surface area contributed by atoms with Crippen LogP contribution in [0.25, 0.3) is 156 Å². The lowest BCUT2D eigenvalue weighted by atomic mass is 9.96. The van der Waals surface area contributed by atoms with E-state index in [0.717, 1.165) is 156 Å². The molecule has 10 aromatic carbocycles. The lowest BCUT2D eigenvalue weighted by Gasteiger charge is -2.21. The summed E-state index contributed by atoms with van der Waals surface area (Å²) in [6.07, 6.45) is 0. The van der Waals surface area contributed by atoms with Gasteiger partial charge in [-0.25, -0.2) is 19.9 Å². The second-order valence-electron chi connectivity index (χ2n) is 22.4. The molecule has 8 heteroatoms. The zero-order valence-corrected chi connectivity index (χ0v) is 48.4. The third kappa shape index (κ3) is 9.51. The topological polar surface area (TPSA) is 109 Å². The van der Waals surface area contributed by atoms with Crippen LogP contribution in [-0.4, -0.2) is 29.1 Å². The van der Waals surface area contributed by atoms with Crippen molar-refractivity contribution in [2.75, 3.05) is 0 Å². The molecule has 8 nitrogen and oxygen atoms in total. The van der Waals surface area contributed by atoms with Crippen LogP contribution in [0.4, 0.5) is 0 Å². The minimum absolute atomic E-state index is 0.439. The first-order valence-electron chi connectivity index (χ1n) is 29.9. The number of pyridine rings is 4. The molecule has 0 spiro atoms. The molecule has 6 heterocycles. The van der Waals surface area contributed by atoms with E-state index in [4.69, 9.17) is 19.9 Å². The van der Waals surface area contributed by atoms with Gasteiger partial charge >= 0.3 is 0 Å². The van der Waals surface area contributed by atoms with Crippen molar-refractivity contribution in [3.63, 3.8) is 0 Å². The fraction of sp³-hybridized carbons (Fsp3) is 0. The van der Waals surface area contributed by atoms with Crippen molar-refractivity contribution in [3.05, 3.63) is 314 Å². The largest absolute Gasteiger partial charge is 0.308 e. The van der Waals surface area contributed by atoms with Crippen LogP contribution in [0.2, 0.25) is 0 Å². The average Bonchev–Trinajstić information content (AvgIpc) is 1.62. The molecule has 0 radical (unpaired) electrons. The summed E-state index contributed by atoms with van der Waals surface area (Å²) in [6, 6.07) is 109. The molecule has 0 aliphatic carbocycles. The normalized spacial score (nSPS) is 11.3. The van der Waals surface area contributed by atoms with Crippen LogP contribution in [0.1, 0.15) is 11.1 Å². The van der Waals surface area contributed by atoms with Gasteiger partial charge in [0.1, 0.15) is 0 Å². The maximum atomic E-state index is 11.6. The molecule has 418 valence electrons. The second-order valence-corrected chi connectivity index (χ2v) is 22.4. The van der Waals surface area contributed by atoms with Crippen molar-refractivity contribution in [2.24, 2.45) is 0 Å². The van der Waals surface area contributed by atoms with Gasteiger partial charge in [-0.1, -0.05) is 206 Å². The van der Waals surface area contributed by atoms with Crippen LogP contribution in [0.5, 0.6) is 0 Å². The molecule has 0 atom stereocenters. The third-order valence-electron chi connectivity index (χ3n) is 17.0. The summed E-state index contributed by atoms with van der Waals surface area (Å²) in [5.41, 5.74) is 22.1. The monoisotopic (exact) mass is 1150 g/mol. The Balaban J connectivity index is 1.01. The Morgan fingerprint density at radius 2 is 0.489 bits per heavy atom. The fourth-order valence-electron chi connectivity index (χ4n) is 12.7. The van der Waals surface area contributed by atoms with E-state index in [0.29, 0.717) is 11.1 Å². The summed E-state index contributed by atoms with van der Waals surface area (Å²) in [5, 5.41) is 26.4. The van der Waals surface area contributed by atoms with Crippen LogP contribution in [0, 0.1) is 22.7 Å². The van der Waals surface area contributed by atoms with E-state index in [1.54, 1.807) is 0 Å². The first kappa shape index (κ1) is 52.9. The Morgan fingerprint density at radius 1 is 0.222 bits per heavy atom. The van der Waals surface area contributed by atoms with E-state index in [1.165, 1.54) is 0 Å². The van der Waals surface area contributed by atoms with Crippen molar-refractivity contribution in [2.45, 2.75) is 0 Å². The molecule has 0 bridgehead atoms. The third-order valence-corrected chi connectivity index (χ3v) is 17.0. The highest BCUT2D eigenvalue weighted by Crippen LogP contribution is 2.46. The Morgan fingerprint density at radius 3 is 0.778 bits per heavy atom. The highest BCUT2D eigenvalue weighted by molar-refractivity contribution is 6.14. The van der Waals surface area contributed by atoms with Gasteiger partial charge in [-0.05, 0) is 103 Å². The molecule has 0 unspecified atom stereocenters. The van der Waals surface area contributed by atoms with E-state index in [2.05, 4.69) is 197 Å². The minimum Gasteiger partial charge on any atom is -0.308 e. The van der Waals surface area contributed by atoms with Gasteiger partial charge in [0.25, 0.3) is 0 Å². The number of nitrogens with zero attached hydrogens (tertiary/aromatic N) is 8. The van der Waals surface area contributed by atoms with Crippen molar-refractivity contribution in [3.8, 4) is 125 Å². The van der Waals surface area contributed by atoms with Gasteiger partial charge in [-0.3, -0.25) is 0 Å². The summed E-state index contributed by atoms with van der Waals surface area (Å²) in [6.45, 7) is 0. The first-order chi connectivity index (χ1) is 44.5. The SMILES string of the molecule is N#Cc1cccc(-c2c(-n3c4cc(-c5cccc(-c6ccccc6)n5)ccc4c4ccc(-c5cccc(-c6ccccc6)n5)cc43)cc(C#N)cc2-n2c3cc(-c4cccc(-c5ccccc5)n4)ccc3c3ccc(-c4cccc(-c5ccccc5)n4)cc32)c1. The Hall–Kier alpha value is -12.6. The Bertz CT molecular complexity index is 4970. The zero-order valence-electron chi connectivity index (χ0n) is 48.4. The smallest absolute Gasteiger partial charge is 0.0993 e. The lowest BCUT2D eigenvalue weighted by Crippen LogP contribution is -2.05. The molecule has 16 rings (SSSR count). The van der Waals surface area contributed by atoms with Crippen LogP contribution in [0.15, 0.2) is 303 Å². The summed E-state index contributed by atoms with van der Waals surface area (Å²) >= 11 is 0. The van der Waals surface area contributed by atoms with Crippen LogP contribution < -0.4 is 0 Å². The Kier molecular flexibility index (Phi) is 13.1. The van der Waals surface area contributed by atoms with E-state index < -0.39 is 0 Å².